The van der Waals surface area contributed by atoms with E-state index in [-0.39, 0.29) is 17.7 Å². The molecule has 17 heavy (non-hydrogen) atoms. The van der Waals surface area contributed by atoms with Crippen LogP contribution in [0.1, 0.15) is 45.4 Å². The molecule has 0 radical (unpaired) electrons. The number of hydrogen-bond donors (Lipinski definition) is 1. The van der Waals surface area contributed by atoms with E-state index >= 15 is 0 Å². The molecule has 0 aromatic rings. The van der Waals surface area contributed by atoms with E-state index in [4.69, 9.17) is 0 Å². The highest BCUT2D eigenvalue weighted by Gasteiger charge is 2.36. The monoisotopic (exact) mass is 236 g/mol. The topological polar surface area (TPSA) is 49.4 Å². The molecule has 2 aliphatic rings. The van der Waals surface area contributed by atoms with Gasteiger partial charge < -0.3 is 10.2 Å². The van der Waals surface area contributed by atoms with Crippen molar-refractivity contribution in [2.75, 3.05) is 6.54 Å². The summed E-state index contributed by atoms with van der Waals surface area (Å²) in [5.74, 6) is 0.899. The van der Waals surface area contributed by atoms with Gasteiger partial charge in [-0.05, 0) is 19.3 Å². The summed E-state index contributed by atoms with van der Waals surface area (Å²) in [6.45, 7) is 3.00. The number of unbranched alkanes of at least 4 members (excludes halogenated alkanes) is 2. The maximum atomic E-state index is 11.7. The number of nitrogens with zero attached hydrogens (tertiary/aromatic N) is 1. The molecule has 4 nitrogen and oxygen atoms in total. The van der Waals surface area contributed by atoms with Crippen molar-refractivity contribution < 1.29 is 9.59 Å². The average molecular weight is 236 g/mol. The van der Waals surface area contributed by atoms with Gasteiger partial charge in [-0.25, -0.2) is 0 Å². The van der Waals surface area contributed by atoms with Crippen molar-refractivity contribution in [1.29, 1.82) is 0 Å². The van der Waals surface area contributed by atoms with Crippen molar-refractivity contribution in [2.45, 2.75) is 51.5 Å². The Morgan fingerprint density at radius 1 is 1.53 bits per heavy atom. The van der Waals surface area contributed by atoms with Crippen LogP contribution in [-0.4, -0.2) is 29.2 Å². The van der Waals surface area contributed by atoms with Gasteiger partial charge in [-0.1, -0.05) is 19.8 Å². The van der Waals surface area contributed by atoms with Gasteiger partial charge >= 0.3 is 0 Å². The molecule has 2 aliphatic heterocycles. The van der Waals surface area contributed by atoms with E-state index in [0.717, 1.165) is 44.5 Å². The molecular formula is C13H20N2O2. The summed E-state index contributed by atoms with van der Waals surface area (Å²) in [7, 11) is 0. The zero-order valence-electron chi connectivity index (χ0n) is 10.4. The third-order valence-corrected chi connectivity index (χ3v) is 3.44. The van der Waals surface area contributed by atoms with E-state index in [0.29, 0.717) is 6.42 Å². The highest BCUT2D eigenvalue weighted by atomic mass is 16.2. The van der Waals surface area contributed by atoms with Gasteiger partial charge in [-0.3, -0.25) is 9.59 Å². The molecule has 2 rings (SSSR count). The average Bonchev–Trinajstić information content (AvgIpc) is 2.85. The van der Waals surface area contributed by atoms with Crippen LogP contribution in [0.3, 0.4) is 0 Å². The summed E-state index contributed by atoms with van der Waals surface area (Å²) in [4.78, 5) is 25.3. The molecule has 0 aliphatic carbocycles. The SMILES string of the molecule is CCCCCC(=O)NC1=CC(=O)C2CCCN12. The minimum Gasteiger partial charge on any atom is -0.348 e. The predicted octanol–water partition coefficient (Wildman–Crippen LogP) is 1.57. The van der Waals surface area contributed by atoms with E-state index in [1.807, 2.05) is 4.90 Å². The fourth-order valence-electron chi connectivity index (χ4n) is 2.51. The molecule has 2 heterocycles. The Balaban J connectivity index is 1.84. The molecule has 0 saturated carbocycles. The predicted molar refractivity (Wildman–Crippen MR) is 65.1 cm³/mol. The number of rotatable bonds is 5. The Morgan fingerprint density at radius 2 is 2.35 bits per heavy atom. The third kappa shape index (κ3) is 2.68. The molecule has 0 aromatic heterocycles. The first-order chi connectivity index (χ1) is 8.22. The largest absolute Gasteiger partial charge is 0.348 e. The first-order valence-electron chi connectivity index (χ1n) is 6.54. The van der Waals surface area contributed by atoms with Gasteiger partial charge in [0.05, 0.1) is 6.04 Å². The van der Waals surface area contributed by atoms with Gasteiger partial charge in [0.15, 0.2) is 5.78 Å². The molecule has 4 heteroatoms. The summed E-state index contributed by atoms with van der Waals surface area (Å²) in [6.07, 6.45) is 7.22. The van der Waals surface area contributed by atoms with Gasteiger partial charge in [0.1, 0.15) is 5.82 Å². The number of amides is 1. The molecule has 94 valence electrons. The Kier molecular flexibility index (Phi) is 3.82. The Bertz CT molecular complexity index is 349. The van der Waals surface area contributed by atoms with Crippen LogP contribution in [0.5, 0.6) is 0 Å². The summed E-state index contributed by atoms with van der Waals surface area (Å²) >= 11 is 0. The number of ketones is 1. The molecule has 1 unspecified atom stereocenters. The van der Waals surface area contributed by atoms with Crippen molar-refractivity contribution in [3.63, 3.8) is 0 Å². The smallest absolute Gasteiger partial charge is 0.225 e. The minimum atomic E-state index is 0.000872. The Morgan fingerprint density at radius 3 is 3.12 bits per heavy atom. The van der Waals surface area contributed by atoms with Crippen LogP contribution in [0.4, 0.5) is 0 Å². The molecule has 1 atom stereocenters. The molecule has 1 N–H and O–H groups in total. The first kappa shape index (κ1) is 12.1. The number of fused-ring (bicyclic) bond motifs is 1. The second-order valence-electron chi connectivity index (χ2n) is 4.79. The van der Waals surface area contributed by atoms with Crippen LogP contribution in [-0.2, 0) is 9.59 Å². The van der Waals surface area contributed by atoms with Crippen LogP contribution in [0.25, 0.3) is 0 Å². The van der Waals surface area contributed by atoms with Crippen molar-refractivity contribution >= 4 is 11.7 Å². The normalized spacial score (nSPS) is 22.6. The van der Waals surface area contributed by atoms with Crippen molar-refractivity contribution in [2.24, 2.45) is 0 Å². The quantitative estimate of drug-likeness (QED) is 0.737. The number of nitrogens with one attached hydrogen (secondary N) is 1. The highest BCUT2D eigenvalue weighted by Crippen LogP contribution is 2.27. The fraction of sp³-hybridized carbons (Fsp3) is 0.692. The minimum absolute atomic E-state index is 0.000872. The Hall–Kier alpha value is -1.32. The van der Waals surface area contributed by atoms with Crippen LogP contribution < -0.4 is 5.32 Å². The highest BCUT2D eigenvalue weighted by molar-refractivity contribution is 5.98. The van der Waals surface area contributed by atoms with Crippen molar-refractivity contribution in [3.05, 3.63) is 11.9 Å². The van der Waals surface area contributed by atoms with Gasteiger partial charge in [-0.15, -0.1) is 0 Å². The van der Waals surface area contributed by atoms with Crippen LogP contribution in [0, 0.1) is 0 Å². The standard InChI is InChI=1S/C13H20N2O2/c1-2-3-4-7-13(17)14-12-9-11(16)10-6-5-8-15(10)12/h9-10H,2-8H2,1H3,(H,14,17). The van der Waals surface area contributed by atoms with Crippen LogP contribution in [0.15, 0.2) is 11.9 Å². The molecular weight excluding hydrogens is 216 g/mol. The lowest BCUT2D eigenvalue weighted by molar-refractivity contribution is -0.121. The third-order valence-electron chi connectivity index (χ3n) is 3.44. The molecule has 0 aromatic carbocycles. The molecule has 0 spiro atoms. The summed E-state index contributed by atoms with van der Waals surface area (Å²) in [5.41, 5.74) is 0. The van der Waals surface area contributed by atoms with Gasteiger partial charge in [-0.2, -0.15) is 0 Å². The van der Waals surface area contributed by atoms with Gasteiger partial charge in [0.25, 0.3) is 0 Å². The second kappa shape index (κ2) is 5.34. The van der Waals surface area contributed by atoms with Gasteiger partial charge in [0, 0.05) is 19.0 Å². The lowest BCUT2D eigenvalue weighted by Gasteiger charge is -2.21. The first-order valence-corrected chi connectivity index (χ1v) is 6.54. The second-order valence-corrected chi connectivity index (χ2v) is 4.79. The number of hydrogen-bond acceptors (Lipinski definition) is 3. The van der Waals surface area contributed by atoms with E-state index in [2.05, 4.69) is 12.2 Å². The number of carbonyl (C=O) groups is 2. The van der Waals surface area contributed by atoms with E-state index in [1.165, 1.54) is 0 Å². The molecule has 0 bridgehead atoms. The van der Waals surface area contributed by atoms with Crippen LogP contribution in [0.2, 0.25) is 0 Å². The van der Waals surface area contributed by atoms with Gasteiger partial charge in [0.2, 0.25) is 5.91 Å². The molecule has 1 saturated heterocycles. The van der Waals surface area contributed by atoms with E-state index < -0.39 is 0 Å². The van der Waals surface area contributed by atoms with E-state index in [1.54, 1.807) is 6.08 Å². The van der Waals surface area contributed by atoms with E-state index in [9.17, 15) is 9.59 Å². The zero-order chi connectivity index (χ0) is 12.3. The Labute approximate surface area is 102 Å². The zero-order valence-corrected chi connectivity index (χ0v) is 10.4. The van der Waals surface area contributed by atoms with Crippen molar-refractivity contribution in [1.82, 2.24) is 10.2 Å². The van der Waals surface area contributed by atoms with Crippen molar-refractivity contribution in [3.8, 4) is 0 Å². The molecule has 1 fully saturated rings. The maximum absolute atomic E-state index is 11.7. The number of carbonyl (C=O) groups excluding carboxylic acids is 2. The fourth-order valence-corrected chi connectivity index (χ4v) is 2.51. The lowest BCUT2D eigenvalue weighted by Crippen LogP contribution is -2.35. The summed E-state index contributed by atoms with van der Waals surface area (Å²) < 4.78 is 0. The van der Waals surface area contributed by atoms with Crippen LogP contribution >= 0.6 is 0 Å². The molecule has 1 amide bonds. The lowest BCUT2D eigenvalue weighted by atomic mass is 10.2. The summed E-state index contributed by atoms with van der Waals surface area (Å²) in [6, 6.07) is 0.000872. The maximum Gasteiger partial charge on any atom is 0.225 e. The summed E-state index contributed by atoms with van der Waals surface area (Å²) in [5, 5.41) is 2.87.